The molecule has 5 N–H and O–H groups in total. The van der Waals surface area contributed by atoms with Gasteiger partial charge in [0.1, 0.15) is 33.8 Å². The van der Waals surface area contributed by atoms with Crippen molar-refractivity contribution in [1.29, 1.82) is 0 Å². The van der Waals surface area contributed by atoms with Gasteiger partial charge in [-0.25, -0.2) is 0 Å². The first-order valence-electron chi connectivity index (χ1n) is 6.48. The normalized spacial score (nSPS) is 20.3. The second kappa shape index (κ2) is 5.15. The zero-order valence-electron chi connectivity index (χ0n) is 11.2. The molecule has 2 aromatic rings. The molecule has 7 heteroatoms. The minimum atomic E-state index is -1.05. The molecular weight excluding hydrogens is 312 g/mol. The fourth-order valence-electron chi connectivity index (χ4n) is 2.53. The minimum absolute atomic E-state index is 0.0339. The number of fused-ring (bicyclic) bond motifs is 1. The first-order chi connectivity index (χ1) is 10.4. The number of phenolic OH excluding ortho intramolecular Hbond substituents is 4. The van der Waals surface area contributed by atoms with Gasteiger partial charge in [0.05, 0.1) is 6.10 Å². The van der Waals surface area contributed by atoms with Crippen LogP contribution in [0.5, 0.6) is 28.7 Å². The molecule has 0 bridgehead atoms. The highest BCUT2D eigenvalue weighted by atomic mass is 35.5. The van der Waals surface area contributed by atoms with Gasteiger partial charge in [0.15, 0.2) is 6.10 Å². The van der Waals surface area contributed by atoms with Crippen LogP contribution in [-0.2, 0) is 6.42 Å². The summed E-state index contributed by atoms with van der Waals surface area (Å²) in [5.74, 6) is -0.887. The van der Waals surface area contributed by atoms with Crippen molar-refractivity contribution in [1.82, 2.24) is 0 Å². The maximum Gasteiger partial charge on any atom is 0.153 e. The van der Waals surface area contributed by atoms with E-state index in [4.69, 9.17) is 16.3 Å². The lowest BCUT2D eigenvalue weighted by Gasteiger charge is -2.32. The number of hydrogen-bond donors (Lipinski definition) is 5. The number of halogens is 1. The Labute approximate surface area is 130 Å². The molecule has 1 unspecified atom stereocenters. The Hall–Kier alpha value is -2.31. The van der Waals surface area contributed by atoms with Crippen molar-refractivity contribution in [3.8, 4) is 28.7 Å². The smallest absolute Gasteiger partial charge is 0.153 e. The average molecular weight is 325 g/mol. The number of rotatable bonds is 1. The van der Waals surface area contributed by atoms with E-state index in [0.29, 0.717) is 0 Å². The summed E-state index contributed by atoms with van der Waals surface area (Å²) in [4.78, 5) is 0. The molecule has 1 aliphatic rings. The van der Waals surface area contributed by atoms with Gasteiger partial charge in [-0.05, 0) is 12.1 Å². The summed E-state index contributed by atoms with van der Waals surface area (Å²) in [6, 6.07) is 4.97. The van der Waals surface area contributed by atoms with Crippen LogP contribution in [0.1, 0.15) is 17.2 Å². The minimum Gasteiger partial charge on any atom is -0.508 e. The van der Waals surface area contributed by atoms with Crippen molar-refractivity contribution in [2.45, 2.75) is 18.6 Å². The maximum atomic E-state index is 10.2. The van der Waals surface area contributed by atoms with Gasteiger partial charge in [-0.1, -0.05) is 11.6 Å². The summed E-state index contributed by atoms with van der Waals surface area (Å²) >= 11 is 5.98. The number of aromatic hydroxyl groups is 4. The lowest BCUT2D eigenvalue weighted by molar-refractivity contribution is 0.0186. The first kappa shape index (κ1) is 14.6. The predicted molar refractivity (Wildman–Crippen MR) is 77.6 cm³/mol. The Balaban J connectivity index is 2.07. The van der Waals surface area contributed by atoms with Crippen LogP contribution in [0.4, 0.5) is 0 Å². The number of aliphatic hydroxyl groups is 1. The lowest BCUT2D eigenvalue weighted by Crippen LogP contribution is -2.30. The summed E-state index contributed by atoms with van der Waals surface area (Å²) in [5.41, 5.74) is 0.541. The van der Waals surface area contributed by atoms with E-state index in [0.717, 1.165) is 12.1 Å². The first-order valence-corrected chi connectivity index (χ1v) is 6.86. The average Bonchev–Trinajstić information content (AvgIpc) is 2.45. The molecule has 3 rings (SSSR count). The Bertz CT molecular complexity index is 745. The largest absolute Gasteiger partial charge is 0.508 e. The third-order valence-electron chi connectivity index (χ3n) is 3.61. The van der Waals surface area contributed by atoms with Crippen LogP contribution in [0.15, 0.2) is 24.3 Å². The molecule has 0 saturated carbocycles. The van der Waals surface area contributed by atoms with Crippen molar-refractivity contribution >= 4 is 11.6 Å². The molecule has 0 saturated heterocycles. The Morgan fingerprint density at radius 1 is 1.00 bits per heavy atom. The molecule has 6 nitrogen and oxygen atoms in total. The summed E-state index contributed by atoms with van der Waals surface area (Å²) in [6.07, 6.45) is -1.96. The molecule has 2 atom stereocenters. The molecule has 1 heterocycles. The van der Waals surface area contributed by atoms with Crippen molar-refractivity contribution in [3.05, 3.63) is 40.4 Å². The summed E-state index contributed by atoms with van der Waals surface area (Å²) in [6.45, 7) is 0. The van der Waals surface area contributed by atoms with E-state index in [1.165, 1.54) is 12.1 Å². The second-order valence-corrected chi connectivity index (χ2v) is 5.47. The van der Waals surface area contributed by atoms with Gasteiger partial charge in [-0.2, -0.15) is 0 Å². The number of benzene rings is 2. The van der Waals surface area contributed by atoms with Crippen molar-refractivity contribution < 1.29 is 30.3 Å². The molecule has 2 aromatic carbocycles. The number of aliphatic hydroxyl groups excluding tert-OH is 1. The summed E-state index contributed by atoms with van der Waals surface area (Å²) in [5, 5.41) is 48.9. The monoisotopic (exact) mass is 324 g/mol. The van der Waals surface area contributed by atoms with Crippen LogP contribution in [0.25, 0.3) is 0 Å². The Morgan fingerprint density at radius 2 is 1.73 bits per heavy atom. The third-order valence-corrected chi connectivity index (χ3v) is 3.97. The van der Waals surface area contributed by atoms with Crippen molar-refractivity contribution in [3.63, 3.8) is 0 Å². The molecule has 0 aromatic heterocycles. The predicted octanol–water partition coefficient (Wildman–Crippen LogP) is 2.20. The number of ether oxygens (including phenoxy) is 1. The van der Waals surface area contributed by atoms with Gasteiger partial charge in [0.2, 0.25) is 0 Å². The van der Waals surface area contributed by atoms with E-state index in [-0.39, 0.29) is 51.3 Å². The van der Waals surface area contributed by atoms with Crippen LogP contribution in [0, 0.1) is 0 Å². The molecule has 116 valence electrons. The van der Waals surface area contributed by atoms with Gasteiger partial charge >= 0.3 is 0 Å². The zero-order valence-corrected chi connectivity index (χ0v) is 11.9. The highest BCUT2D eigenvalue weighted by Crippen LogP contribution is 2.48. The summed E-state index contributed by atoms with van der Waals surface area (Å²) in [7, 11) is 0. The van der Waals surface area contributed by atoms with Gasteiger partial charge in [0, 0.05) is 29.7 Å². The van der Waals surface area contributed by atoms with Crippen LogP contribution >= 0.6 is 11.6 Å². The molecular formula is C15H13ClO6. The van der Waals surface area contributed by atoms with Gasteiger partial charge in [-0.3, -0.25) is 0 Å². The van der Waals surface area contributed by atoms with Crippen LogP contribution in [0.2, 0.25) is 5.02 Å². The standard InChI is InChI=1S/C15H13ClO6/c16-13-11(20)5-10(19)8-4-12(21)14(22-15(8)13)7-2-1-6(17)3-9(7)18/h1-3,5,12,14,17-21H,4H2/t12-,14?/m0/s1. The summed E-state index contributed by atoms with van der Waals surface area (Å²) < 4.78 is 5.60. The molecule has 0 spiro atoms. The van der Waals surface area contributed by atoms with Crippen molar-refractivity contribution in [2.24, 2.45) is 0 Å². The van der Waals surface area contributed by atoms with Gasteiger partial charge in [0.25, 0.3) is 0 Å². The molecule has 0 fully saturated rings. The van der Waals surface area contributed by atoms with E-state index >= 15 is 0 Å². The van der Waals surface area contributed by atoms with E-state index in [1.807, 2.05) is 0 Å². The SMILES string of the molecule is Oc1ccc(C2Oc3c(Cl)c(O)cc(O)c3C[C@@H]2O)c(O)c1. The quantitative estimate of drug-likeness (QED) is 0.550. The second-order valence-electron chi connectivity index (χ2n) is 5.09. The third kappa shape index (κ3) is 2.26. The highest BCUT2D eigenvalue weighted by molar-refractivity contribution is 6.33. The fourth-order valence-corrected chi connectivity index (χ4v) is 2.74. The molecule has 1 aliphatic heterocycles. The molecule has 22 heavy (non-hydrogen) atoms. The Morgan fingerprint density at radius 3 is 2.41 bits per heavy atom. The number of hydrogen-bond acceptors (Lipinski definition) is 6. The van der Waals surface area contributed by atoms with Crippen molar-refractivity contribution in [2.75, 3.05) is 0 Å². The van der Waals surface area contributed by atoms with E-state index in [1.54, 1.807) is 0 Å². The van der Waals surface area contributed by atoms with E-state index in [2.05, 4.69) is 0 Å². The highest BCUT2D eigenvalue weighted by Gasteiger charge is 2.35. The lowest BCUT2D eigenvalue weighted by atomic mass is 9.93. The molecule has 0 radical (unpaired) electrons. The van der Waals surface area contributed by atoms with Crippen LogP contribution in [-0.4, -0.2) is 31.6 Å². The number of phenols is 4. The molecule has 0 amide bonds. The fraction of sp³-hybridized carbons (Fsp3) is 0.200. The van der Waals surface area contributed by atoms with Crippen LogP contribution < -0.4 is 4.74 Å². The molecule has 0 aliphatic carbocycles. The van der Waals surface area contributed by atoms with Gasteiger partial charge in [-0.15, -0.1) is 0 Å². The zero-order chi connectivity index (χ0) is 16.0. The van der Waals surface area contributed by atoms with Gasteiger partial charge < -0.3 is 30.3 Å². The van der Waals surface area contributed by atoms with E-state index in [9.17, 15) is 25.5 Å². The maximum absolute atomic E-state index is 10.2. The van der Waals surface area contributed by atoms with E-state index < -0.39 is 12.2 Å². The van der Waals surface area contributed by atoms with Crippen LogP contribution in [0.3, 0.4) is 0 Å². The Kier molecular flexibility index (Phi) is 3.42. The topological polar surface area (TPSA) is 110 Å².